The molecule has 1 aromatic heterocycles. The van der Waals surface area contributed by atoms with Crippen LogP contribution in [0.1, 0.15) is 6.92 Å². The third-order valence-corrected chi connectivity index (χ3v) is 3.28. The summed E-state index contributed by atoms with van der Waals surface area (Å²) in [5.74, 6) is -0.436. The summed E-state index contributed by atoms with van der Waals surface area (Å²) in [5.41, 5.74) is -0.227. The fraction of sp³-hybridized carbons (Fsp3) is 0.143. The molecule has 0 fully saturated rings. The number of amides is 1. The first kappa shape index (κ1) is 17.0. The van der Waals surface area contributed by atoms with E-state index in [4.69, 9.17) is 27.9 Å². The SMILES string of the molecule is C[C@@H](Oc1ccccc1[N+](=O)[O-])C(=O)Nc1ncc(Cl)cc1Cl. The van der Waals surface area contributed by atoms with Gasteiger partial charge >= 0.3 is 5.69 Å². The van der Waals surface area contributed by atoms with Crippen molar-refractivity contribution in [2.75, 3.05) is 5.32 Å². The molecule has 1 atom stereocenters. The number of nitrogens with zero attached hydrogens (tertiary/aromatic N) is 2. The van der Waals surface area contributed by atoms with Gasteiger partial charge < -0.3 is 10.1 Å². The van der Waals surface area contributed by atoms with Crippen molar-refractivity contribution in [2.24, 2.45) is 0 Å². The van der Waals surface area contributed by atoms with E-state index in [-0.39, 0.29) is 22.3 Å². The zero-order valence-corrected chi connectivity index (χ0v) is 13.3. The molecule has 0 aliphatic carbocycles. The van der Waals surface area contributed by atoms with Crippen LogP contribution in [0.15, 0.2) is 36.5 Å². The van der Waals surface area contributed by atoms with Crippen molar-refractivity contribution in [1.82, 2.24) is 4.98 Å². The first-order valence-electron chi connectivity index (χ1n) is 6.40. The third-order valence-electron chi connectivity index (χ3n) is 2.78. The molecule has 0 aliphatic rings. The van der Waals surface area contributed by atoms with Gasteiger partial charge in [-0.25, -0.2) is 4.98 Å². The molecule has 2 aromatic rings. The number of carbonyl (C=O) groups is 1. The molecule has 0 aliphatic heterocycles. The predicted molar refractivity (Wildman–Crippen MR) is 86.1 cm³/mol. The van der Waals surface area contributed by atoms with Crippen molar-refractivity contribution in [3.05, 3.63) is 56.7 Å². The highest BCUT2D eigenvalue weighted by molar-refractivity contribution is 6.36. The van der Waals surface area contributed by atoms with Crippen molar-refractivity contribution in [3.8, 4) is 5.75 Å². The number of nitro benzene ring substituents is 1. The molecular weight excluding hydrogens is 345 g/mol. The van der Waals surface area contributed by atoms with Crippen molar-refractivity contribution < 1.29 is 14.5 Å². The molecule has 0 spiro atoms. The summed E-state index contributed by atoms with van der Waals surface area (Å²) < 4.78 is 5.35. The molecule has 120 valence electrons. The van der Waals surface area contributed by atoms with E-state index in [0.29, 0.717) is 5.02 Å². The van der Waals surface area contributed by atoms with E-state index in [9.17, 15) is 14.9 Å². The van der Waals surface area contributed by atoms with Crippen LogP contribution in [-0.4, -0.2) is 21.9 Å². The minimum atomic E-state index is -0.996. The van der Waals surface area contributed by atoms with Crippen LogP contribution < -0.4 is 10.1 Å². The molecule has 1 heterocycles. The Labute approximate surface area is 141 Å². The second-order valence-electron chi connectivity index (χ2n) is 4.46. The van der Waals surface area contributed by atoms with Crippen LogP contribution in [-0.2, 0) is 4.79 Å². The van der Waals surface area contributed by atoms with Crippen LogP contribution >= 0.6 is 23.2 Å². The highest BCUT2D eigenvalue weighted by Crippen LogP contribution is 2.27. The molecule has 1 aromatic carbocycles. The lowest BCUT2D eigenvalue weighted by Crippen LogP contribution is -2.30. The van der Waals surface area contributed by atoms with Gasteiger partial charge in [-0.3, -0.25) is 14.9 Å². The number of rotatable bonds is 5. The number of hydrogen-bond donors (Lipinski definition) is 1. The summed E-state index contributed by atoms with van der Waals surface area (Å²) in [6, 6.07) is 7.21. The molecule has 0 radical (unpaired) electrons. The number of ether oxygens (including phenoxy) is 1. The molecule has 9 heteroatoms. The molecule has 7 nitrogen and oxygen atoms in total. The second-order valence-corrected chi connectivity index (χ2v) is 5.30. The minimum Gasteiger partial charge on any atom is -0.474 e. The maximum absolute atomic E-state index is 12.1. The summed E-state index contributed by atoms with van der Waals surface area (Å²) in [7, 11) is 0. The Hall–Kier alpha value is -2.38. The first-order valence-corrected chi connectivity index (χ1v) is 7.16. The van der Waals surface area contributed by atoms with E-state index in [1.54, 1.807) is 6.07 Å². The molecule has 1 N–H and O–H groups in total. The standard InChI is InChI=1S/C14H11Cl2N3O4/c1-8(23-12-5-3-2-4-11(12)19(21)22)14(20)18-13-10(16)6-9(15)7-17-13/h2-8H,1H3,(H,17,18,20)/t8-/m1/s1. The molecule has 23 heavy (non-hydrogen) atoms. The number of halogens is 2. The Morgan fingerprint density at radius 3 is 2.74 bits per heavy atom. The van der Waals surface area contributed by atoms with Gasteiger partial charge in [-0.2, -0.15) is 0 Å². The van der Waals surface area contributed by atoms with Gasteiger partial charge in [0.1, 0.15) is 0 Å². The van der Waals surface area contributed by atoms with Gasteiger partial charge in [-0.05, 0) is 19.1 Å². The molecule has 0 saturated heterocycles. The van der Waals surface area contributed by atoms with Crippen LogP contribution in [0, 0.1) is 10.1 Å². The molecule has 0 saturated carbocycles. The van der Waals surface area contributed by atoms with Crippen molar-refractivity contribution in [1.29, 1.82) is 0 Å². The monoisotopic (exact) mass is 355 g/mol. The van der Waals surface area contributed by atoms with E-state index < -0.39 is 16.9 Å². The molecule has 1 amide bonds. The number of pyridine rings is 1. The van der Waals surface area contributed by atoms with Gasteiger partial charge in [-0.1, -0.05) is 35.3 Å². The normalized spacial score (nSPS) is 11.6. The maximum Gasteiger partial charge on any atom is 0.310 e. The van der Waals surface area contributed by atoms with E-state index in [1.807, 2.05) is 0 Å². The summed E-state index contributed by atoms with van der Waals surface area (Å²) in [6.45, 7) is 1.45. The fourth-order valence-corrected chi connectivity index (χ4v) is 2.10. The molecular formula is C14H11Cl2N3O4. The fourth-order valence-electron chi connectivity index (χ4n) is 1.68. The Balaban J connectivity index is 2.10. The summed E-state index contributed by atoms with van der Waals surface area (Å²) in [6.07, 6.45) is 0.334. The number of hydrogen-bond acceptors (Lipinski definition) is 5. The number of anilines is 1. The van der Waals surface area contributed by atoms with Crippen LogP contribution in [0.5, 0.6) is 5.75 Å². The average Bonchev–Trinajstić information content (AvgIpc) is 2.50. The Morgan fingerprint density at radius 1 is 1.39 bits per heavy atom. The van der Waals surface area contributed by atoms with E-state index in [0.717, 1.165) is 0 Å². The lowest BCUT2D eigenvalue weighted by Gasteiger charge is -2.14. The highest BCUT2D eigenvalue weighted by atomic mass is 35.5. The van der Waals surface area contributed by atoms with Gasteiger partial charge in [0.2, 0.25) is 0 Å². The van der Waals surface area contributed by atoms with E-state index in [2.05, 4.69) is 10.3 Å². The largest absolute Gasteiger partial charge is 0.474 e. The predicted octanol–water partition coefficient (Wildman–Crippen LogP) is 3.70. The topological polar surface area (TPSA) is 94.4 Å². The second kappa shape index (κ2) is 7.26. The smallest absolute Gasteiger partial charge is 0.310 e. The summed E-state index contributed by atoms with van der Waals surface area (Å²) in [5, 5.41) is 13.9. The number of para-hydroxylation sites is 2. The van der Waals surface area contributed by atoms with Crippen molar-refractivity contribution in [2.45, 2.75) is 13.0 Å². The van der Waals surface area contributed by atoms with Gasteiger partial charge in [0.25, 0.3) is 5.91 Å². The number of carbonyl (C=O) groups excluding carboxylic acids is 1. The number of nitrogens with one attached hydrogen (secondary N) is 1. The Bertz CT molecular complexity index is 755. The van der Waals surface area contributed by atoms with Gasteiger partial charge in [-0.15, -0.1) is 0 Å². The van der Waals surface area contributed by atoms with Crippen molar-refractivity contribution >= 4 is 40.6 Å². The third kappa shape index (κ3) is 4.30. The van der Waals surface area contributed by atoms with E-state index >= 15 is 0 Å². The van der Waals surface area contributed by atoms with Crippen LogP contribution in [0.25, 0.3) is 0 Å². The van der Waals surface area contributed by atoms with Crippen molar-refractivity contribution in [3.63, 3.8) is 0 Å². The maximum atomic E-state index is 12.1. The van der Waals surface area contributed by atoms with E-state index in [1.165, 1.54) is 37.4 Å². The van der Waals surface area contributed by atoms with Gasteiger partial charge in [0.05, 0.1) is 15.0 Å². The van der Waals surface area contributed by atoms with Crippen LogP contribution in [0.2, 0.25) is 10.0 Å². The number of benzene rings is 1. The van der Waals surface area contributed by atoms with Gasteiger partial charge in [0, 0.05) is 12.3 Å². The first-order chi connectivity index (χ1) is 10.9. The van der Waals surface area contributed by atoms with Crippen LogP contribution in [0.3, 0.4) is 0 Å². The summed E-state index contributed by atoms with van der Waals surface area (Å²) >= 11 is 11.6. The highest BCUT2D eigenvalue weighted by Gasteiger charge is 2.21. The molecule has 0 bridgehead atoms. The molecule has 2 rings (SSSR count). The average molecular weight is 356 g/mol. The number of aromatic nitrogens is 1. The molecule has 0 unspecified atom stereocenters. The number of nitro groups is 1. The lowest BCUT2D eigenvalue weighted by atomic mass is 10.3. The lowest BCUT2D eigenvalue weighted by molar-refractivity contribution is -0.386. The summed E-state index contributed by atoms with van der Waals surface area (Å²) in [4.78, 5) is 26.3. The minimum absolute atomic E-state index is 0.00434. The Kier molecular flexibility index (Phi) is 5.36. The quantitative estimate of drug-likeness (QED) is 0.651. The van der Waals surface area contributed by atoms with Gasteiger partial charge in [0.15, 0.2) is 17.7 Å². The Morgan fingerprint density at radius 2 is 2.09 bits per heavy atom. The zero-order valence-electron chi connectivity index (χ0n) is 11.8. The van der Waals surface area contributed by atoms with Crippen LogP contribution in [0.4, 0.5) is 11.5 Å². The zero-order chi connectivity index (χ0) is 17.0.